The largest absolute Gasteiger partial charge is 0.460 e. The Labute approximate surface area is 208 Å². The van der Waals surface area contributed by atoms with E-state index in [9.17, 15) is 9.59 Å². The fourth-order valence-corrected chi connectivity index (χ4v) is 5.45. The minimum Gasteiger partial charge on any atom is -0.460 e. The van der Waals surface area contributed by atoms with Gasteiger partial charge in [-0.25, -0.2) is 0 Å². The van der Waals surface area contributed by atoms with E-state index in [4.69, 9.17) is 14.0 Å². The molecule has 0 bridgehead atoms. The summed E-state index contributed by atoms with van der Waals surface area (Å²) in [4.78, 5) is 34.1. The number of carbonyl (C=O) groups is 2. The molecule has 1 aliphatic carbocycles. The van der Waals surface area contributed by atoms with Crippen LogP contribution in [0.2, 0.25) is 0 Å². The van der Waals surface area contributed by atoms with E-state index in [2.05, 4.69) is 15.0 Å². The monoisotopic (exact) mass is 490 g/mol. The maximum Gasteiger partial charge on any atom is 0.307 e. The number of likely N-dealkylation sites (tertiary alicyclic amines) is 1. The Morgan fingerprint density at radius 1 is 1.11 bits per heavy atom. The van der Waals surface area contributed by atoms with Crippen LogP contribution in [0.5, 0.6) is 0 Å². The lowest BCUT2D eigenvalue weighted by Gasteiger charge is -2.46. The van der Waals surface area contributed by atoms with E-state index >= 15 is 0 Å². The first kappa shape index (κ1) is 26.1. The second-order valence-corrected chi connectivity index (χ2v) is 11.4. The number of amides is 1. The highest BCUT2D eigenvalue weighted by Gasteiger charge is 2.38. The molecule has 2 aliphatic heterocycles. The van der Waals surface area contributed by atoms with Crippen LogP contribution < -0.4 is 0 Å². The Morgan fingerprint density at radius 3 is 2.51 bits per heavy atom. The standard InChI is InChI=1S/C26H42N4O5/c1-26(2,3)34-22(31)16-20(11-7-10-19-8-5-4-6-9-19)24-27-23(28-35-24)25(32)30-17-21(18-30)29-12-14-33-15-13-29/h19-21H,4-18H2,1-3H3. The Hall–Kier alpha value is -2.00. The molecule has 3 aliphatic rings. The molecule has 1 aromatic heterocycles. The second-order valence-electron chi connectivity index (χ2n) is 11.4. The van der Waals surface area contributed by atoms with E-state index in [1.165, 1.54) is 32.1 Å². The van der Waals surface area contributed by atoms with Gasteiger partial charge >= 0.3 is 5.97 Å². The second kappa shape index (κ2) is 11.8. The molecule has 3 heterocycles. The molecule has 0 spiro atoms. The third kappa shape index (κ3) is 7.49. The van der Waals surface area contributed by atoms with Gasteiger partial charge in [0.15, 0.2) is 0 Å². The summed E-state index contributed by atoms with van der Waals surface area (Å²) in [7, 11) is 0. The van der Waals surface area contributed by atoms with Gasteiger partial charge < -0.3 is 18.9 Å². The van der Waals surface area contributed by atoms with Crippen molar-refractivity contribution < 1.29 is 23.6 Å². The number of aromatic nitrogens is 2. The first-order chi connectivity index (χ1) is 16.8. The fraction of sp³-hybridized carbons (Fsp3) is 0.846. The maximum absolute atomic E-state index is 12.9. The predicted molar refractivity (Wildman–Crippen MR) is 130 cm³/mol. The molecule has 0 aromatic carbocycles. The van der Waals surface area contributed by atoms with E-state index in [1.807, 2.05) is 20.8 Å². The molecule has 2 saturated heterocycles. The van der Waals surface area contributed by atoms with Crippen LogP contribution in [0.3, 0.4) is 0 Å². The van der Waals surface area contributed by atoms with Crippen LogP contribution in [-0.2, 0) is 14.3 Å². The van der Waals surface area contributed by atoms with Crippen molar-refractivity contribution in [2.45, 2.75) is 96.1 Å². The zero-order chi connectivity index (χ0) is 24.8. The van der Waals surface area contributed by atoms with Crippen LogP contribution in [0.15, 0.2) is 4.52 Å². The lowest BCUT2D eigenvalue weighted by Crippen LogP contribution is -2.62. The number of carbonyl (C=O) groups excluding carboxylic acids is 2. The van der Waals surface area contributed by atoms with Gasteiger partial charge in [-0.1, -0.05) is 50.1 Å². The SMILES string of the molecule is CC(C)(C)OC(=O)CC(CCCC1CCCCC1)c1nc(C(=O)N2CC(N3CCOCC3)C2)no1. The zero-order valence-electron chi connectivity index (χ0n) is 21.7. The maximum atomic E-state index is 12.9. The van der Waals surface area contributed by atoms with Crippen molar-refractivity contribution in [3.8, 4) is 0 Å². The van der Waals surface area contributed by atoms with E-state index in [1.54, 1.807) is 4.90 Å². The van der Waals surface area contributed by atoms with Crippen molar-refractivity contribution in [2.75, 3.05) is 39.4 Å². The topological polar surface area (TPSA) is 98.0 Å². The van der Waals surface area contributed by atoms with Gasteiger partial charge in [-0.15, -0.1) is 0 Å². The lowest BCUT2D eigenvalue weighted by molar-refractivity contribution is -0.155. The summed E-state index contributed by atoms with van der Waals surface area (Å²) >= 11 is 0. The first-order valence-electron chi connectivity index (χ1n) is 13.4. The number of nitrogens with zero attached hydrogens (tertiary/aromatic N) is 4. The summed E-state index contributed by atoms with van der Waals surface area (Å²) in [6.07, 6.45) is 9.71. The van der Waals surface area contributed by atoms with Crippen LogP contribution in [0.4, 0.5) is 0 Å². The molecular weight excluding hydrogens is 448 g/mol. The van der Waals surface area contributed by atoms with E-state index < -0.39 is 5.60 Å². The summed E-state index contributed by atoms with van der Waals surface area (Å²) in [6.45, 7) is 10.3. The molecule has 4 rings (SSSR count). The number of hydrogen-bond acceptors (Lipinski definition) is 8. The number of ether oxygens (including phenoxy) is 2. The van der Waals surface area contributed by atoms with Gasteiger partial charge in [-0.2, -0.15) is 4.98 Å². The van der Waals surface area contributed by atoms with Crippen molar-refractivity contribution in [2.24, 2.45) is 5.92 Å². The number of morpholine rings is 1. The lowest BCUT2D eigenvalue weighted by atomic mass is 9.84. The fourth-order valence-electron chi connectivity index (χ4n) is 5.45. The third-order valence-corrected chi connectivity index (χ3v) is 7.42. The Balaban J connectivity index is 1.34. The summed E-state index contributed by atoms with van der Waals surface area (Å²) in [6, 6.07) is 0.369. The molecule has 1 aromatic rings. The Kier molecular flexibility index (Phi) is 8.81. The van der Waals surface area contributed by atoms with Crippen LogP contribution in [0.1, 0.15) is 101 Å². The first-order valence-corrected chi connectivity index (χ1v) is 13.4. The summed E-state index contributed by atoms with van der Waals surface area (Å²) in [5, 5.41) is 3.99. The summed E-state index contributed by atoms with van der Waals surface area (Å²) in [5.74, 6) is 0.511. The number of esters is 1. The highest BCUT2D eigenvalue weighted by Crippen LogP contribution is 2.32. The highest BCUT2D eigenvalue weighted by atomic mass is 16.6. The van der Waals surface area contributed by atoms with Crippen molar-refractivity contribution >= 4 is 11.9 Å². The quantitative estimate of drug-likeness (QED) is 0.482. The van der Waals surface area contributed by atoms with E-state index in [-0.39, 0.29) is 30.0 Å². The van der Waals surface area contributed by atoms with Gasteiger partial charge in [0.1, 0.15) is 5.60 Å². The highest BCUT2D eigenvalue weighted by molar-refractivity contribution is 5.91. The molecule has 9 nitrogen and oxygen atoms in total. The van der Waals surface area contributed by atoms with Crippen molar-refractivity contribution in [3.63, 3.8) is 0 Å². The molecule has 196 valence electrons. The average molecular weight is 491 g/mol. The van der Waals surface area contributed by atoms with Gasteiger partial charge in [0, 0.05) is 38.1 Å². The number of hydrogen-bond donors (Lipinski definition) is 0. The summed E-state index contributed by atoms with van der Waals surface area (Å²) in [5.41, 5.74) is -0.547. The minimum atomic E-state index is -0.547. The molecule has 1 unspecified atom stereocenters. The van der Waals surface area contributed by atoms with Crippen LogP contribution in [0.25, 0.3) is 0 Å². The molecule has 3 fully saturated rings. The summed E-state index contributed by atoms with van der Waals surface area (Å²) < 4.78 is 16.5. The third-order valence-electron chi connectivity index (χ3n) is 7.42. The molecule has 35 heavy (non-hydrogen) atoms. The van der Waals surface area contributed by atoms with E-state index in [0.29, 0.717) is 25.0 Å². The average Bonchev–Trinajstić information content (AvgIpc) is 3.28. The number of rotatable bonds is 9. The zero-order valence-corrected chi connectivity index (χ0v) is 21.7. The smallest absolute Gasteiger partial charge is 0.307 e. The molecule has 1 amide bonds. The van der Waals surface area contributed by atoms with Gasteiger partial charge in [-0.3, -0.25) is 14.5 Å². The van der Waals surface area contributed by atoms with Gasteiger partial charge in [0.2, 0.25) is 5.89 Å². The van der Waals surface area contributed by atoms with Crippen LogP contribution in [0, 0.1) is 5.92 Å². The molecular formula is C26H42N4O5. The normalized spacial score (nSPS) is 21.5. The van der Waals surface area contributed by atoms with Gasteiger partial charge in [-0.05, 0) is 33.1 Å². The van der Waals surface area contributed by atoms with Crippen molar-refractivity contribution in [1.29, 1.82) is 0 Å². The van der Waals surface area contributed by atoms with Crippen LogP contribution in [-0.4, -0.2) is 82.9 Å². The minimum absolute atomic E-state index is 0.0851. The Bertz CT molecular complexity index is 833. The molecule has 1 saturated carbocycles. The van der Waals surface area contributed by atoms with E-state index in [0.717, 1.165) is 51.5 Å². The van der Waals surface area contributed by atoms with Gasteiger partial charge in [0.25, 0.3) is 11.7 Å². The van der Waals surface area contributed by atoms with Crippen molar-refractivity contribution in [3.05, 3.63) is 11.7 Å². The van der Waals surface area contributed by atoms with Crippen molar-refractivity contribution in [1.82, 2.24) is 19.9 Å². The predicted octanol–water partition coefficient (Wildman–Crippen LogP) is 3.79. The molecule has 0 radical (unpaired) electrons. The molecule has 1 atom stereocenters. The molecule has 0 N–H and O–H groups in total. The van der Waals surface area contributed by atoms with Crippen LogP contribution >= 0.6 is 0 Å². The molecule has 9 heteroatoms. The van der Waals surface area contributed by atoms with Gasteiger partial charge in [0.05, 0.1) is 19.6 Å². The Morgan fingerprint density at radius 2 is 1.83 bits per heavy atom.